The van der Waals surface area contributed by atoms with Gasteiger partial charge >= 0.3 is 0 Å². The zero-order chi connectivity index (χ0) is 20.5. The summed E-state index contributed by atoms with van der Waals surface area (Å²) in [7, 11) is 0. The molecule has 7 heteroatoms. The molecular weight excluding hydrogens is 366 g/mol. The standard InChI is InChI=1S/C22H23N5O2/c1-4-29-17-11-6-5-10-16(17)19-18(20(23)28)14(3)24-22-25-21(26-27(19)22)15-9-7-8-13(2)12-15/h5-12,19H,4H2,1-3H3,(H2,23,28)(H,24,25,26)/t19-/m1/s1. The summed E-state index contributed by atoms with van der Waals surface area (Å²) in [6.45, 7) is 6.28. The lowest BCUT2D eigenvalue weighted by Gasteiger charge is -2.28. The summed E-state index contributed by atoms with van der Waals surface area (Å²) in [6.07, 6.45) is 0. The minimum atomic E-state index is -0.530. The Morgan fingerprint density at radius 2 is 2.00 bits per heavy atom. The van der Waals surface area contributed by atoms with Gasteiger partial charge in [-0.3, -0.25) is 4.79 Å². The van der Waals surface area contributed by atoms with E-state index in [0.717, 1.165) is 16.7 Å². The number of fused-ring (bicyclic) bond motifs is 1. The van der Waals surface area contributed by atoms with E-state index in [1.807, 2.05) is 69.3 Å². The van der Waals surface area contributed by atoms with Crippen LogP contribution in [0, 0.1) is 6.92 Å². The molecule has 0 saturated heterocycles. The predicted molar refractivity (Wildman–Crippen MR) is 111 cm³/mol. The molecule has 0 bridgehead atoms. The van der Waals surface area contributed by atoms with Gasteiger partial charge < -0.3 is 15.8 Å². The smallest absolute Gasteiger partial charge is 0.248 e. The van der Waals surface area contributed by atoms with E-state index in [2.05, 4.69) is 10.3 Å². The SMILES string of the molecule is CCOc1ccccc1[C@@H]1C(C(N)=O)=C(C)Nc2nc(-c3cccc(C)c3)nn21. The summed E-state index contributed by atoms with van der Waals surface area (Å²) in [6, 6.07) is 15.1. The van der Waals surface area contributed by atoms with E-state index in [1.54, 1.807) is 4.68 Å². The predicted octanol–water partition coefficient (Wildman–Crippen LogP) is 3.43. The molecule has 0 saturated carbocycles. The summed E-state index contributed by atoms with van der Waals surface area (Å²) in [5.41, 5.74) is 9.69. The van der Waals surface area contributed by atoms with Crippen LogP contribution in [0.3, 0.4) is 0 Å². The van der Waals surface area contributed by atoms with E-state index >= 15 is 0 Å². The number of amides is 1. The Labute approximate surface area is 169 Å². The Morgan fingerprint density at radius 1 is 1.21 bits per heavy atom. The molecule has 1 aliphatic rings. The highest BCUT2D eigenvalue weighted by Gasteiger charge is 2.35. The molecule has 3 N–H and O–H groups in total. The number of hydrogen-bond donors (Lipinski definition) is 2. The third-order valence-electron chi connectivity index (χ3n) is 4.91. The van der Waals surface area contributed by atoms with E-state index in [9.17, 15) is 4.79 Å². The fourth-order valence-electron chi connectivity index (χ4n) is 3.66. The van der Waals surface area contributed by atoms with Crippen molar-refractivity contribution in [2.45, 2.75) is 26.8 Å². The Bertz CT molecular complexity index is 1120. The molecule has 3 aromatic rings. The lowest BCUT2D eigenvalue weighted by molar-refractivity contribution is -0.115. The number of para-hydroxylation sites is 1. The minimum absolute atomic E-state index is 0.436. The number of allylic oxidation sites excluding steroid dienone is 1. The van der Waals surface area contributed by atoms with Crippen molar-refractivity contribution in [1.82, 2.24) is 14.8 Å². The van der Waals surface area contributed by atoms with Crippen LogP contribution < -0.4 is 15.8 Å². The Hall–Kier alpha value is -3.61. The number of aryl methyl sites for hydroxylation is 1. The van der Waals surface area contributed by atoms with E-state index in [1.165, 1.54) is 0 Å². The Balaban J connectivity index is 1.91. The molecule has 1 aliphatic heterocycles. The number of hydrogen-bond acceptors (Lipinski definition) is 5. The molecule has 0 spiro atoms. The van der Waals surface area contributed by atoms with Crippen molar-refractivity contribution >= 4 is 11.9 Å². The number of carbonyl (C=O) groups excluding carboxylic acids is 1. The molecular formula is C22H23N5O2. The summed E-state index contributed by atoms with van der Waals surface area (Å²) in [4.78, 5) is 17.0. The van der Waals surface area contributed by atoms with Crippen LogP contribution in [0.4, 0.5) is 5.95 Å². The second-order valence-electron chi connectivity index (χ2n) is 6.97. The largest absolute Gasteiger partial charge is 0.494 e. The first-order valence-corrected chi connectivity index (χ1v) is 9.52. The van der Waals surface area contributed by atoms with Gasteiger partial charge in [0.2, 0.25) is 11.9 Å². The van der Waals surface area contributed by atoms with Crippen LogP contribution in [0.5, 0.6) is 5.75 Å². The average molecular weight is 389 g/mol. The van der Waals surface area contributed by atoms with Crippen LogP contribution in [0.25, 0.3) is 11.4 Å². The van der Waals surface area contributed by atoms with Gasteiger partial charge in [-0.05, 0) is 32.9 Å². The lowest BCUT2D eigenvalue weighted by atomic mass is 9.94. The average Bonchev–Trinajstić information content (AvgIpc) is 3.11. The van der Waals surface area contributed by atoms with Crippen molar-refractivity contribution in [3.8, 4) is 17.1 Å². The molecule has 0 fully saturated rings. The third-order valence-corrected chi connectivity index (χ3v) is 4.91. The highest BCUT2D eigenvalue weighted by atomic mass is 16.5. The van der Waals surface area contributed by atoms with Crippen LogP contribution >= 0.6 is 0 Å². The van der Waals surface area contributed by atoms with Crippen LogP contribution in [0.1, 0.15) is 31.0 Å². The molecule has 0 unspecified atom stereocenters. The second kappa shape index (κ2) is 7.43. The molecule has 1 amide bonds. The highest BCUT2D eigenvalue weighted by Crippen LogP contribution is 2.39. The maximum atomic E-state index is 12.4. The molecule has 29 heavy (non-hydrogen) atoms. The first-order chi connectivity index (χ1) is 14.0. The molecule has 2 heterocycles. The topological polar surface area (TPSA) is 95.1 Å². The number of nitrogens with one attached hydrogen (secondary N) is 1. The summed E-state index contributed by atoms with van der Waals surface area (Å²) < 4.78 is 7.53. The van der Waals surface area contributed by atoms with Gasteiger partial charge in [0.15, 0.2) is 5.82 Å². The van der Waals surface area contributed by atoms with Gasteiger partial charge in [-0.25, -0.2) is 4.68 Å². The Morgan fingerprint density at radius 3 is 2.72 bits per heavy atom. The normalized spacial score (nSPS) is 15.6. The van der Waals surface area contributed by atoms with E-state index in [-0.39, 0.29) is 0 Å². The first-order valence-electron chi connectivity index (χ1n) is 9.52. The quantitative estimate of drug-likeness (QED) is 0.697. The minimum Gasteiger partial charge on any atom is -0.494 e. The molecule has 148 valence electrons. The monoisotopic (exact) mass is 389 g/mol. The maximum absolute atomic E-state index is 12.4. The lowest BCUT2D eigenvalue weighted by Crippen LogP contribution is -2.32. The molecule has 4 rings (SSSR count). The molecule has 2 aromatic carbocycles. The van der Waals surface area contributed by atoms with Crippen molar-refractivity contribution in [2.24, 2.45) is 5.73 Å². The van der Waals surface area contributed by atoms with Crippen LogP contribution in [-0.2, 0) is 4.79 Å². The number of primary amides is 1. The number of carbonyl (C=O) groups is 1. The van der Waals surface area contributed by atoms with E-state index < -0.39 is 11.9 Å². The summed E-state index contributed by atoms with van der Waals surface area (Å²) in [5.74, 6) is 1.31. The number of anilines is 1. The van der Waals surface area contributed by atoms with Crippen LogP contribution in [0.2, 0.25) is 0 Å². The van der Waals surface area contributed by atoms with Crippen molar-refractivity contribution in [1.29, 1.82) is 0 Å². The van der Waals surface area contributed by atoms with Crippen LogP contribution in [-0.4, -0.2) is 27.3 Å². The summed E-state index contributed by atoms with van der Waals surface area (Å²) in [5, 5.41) is 7.91. The first kappa shape index (κ1) is 18.7. The number of nitrogens with two attached hydrogens (primary N) is 1. The molecule has 1 aromatic heterocycles. The van der Waals surface area contributed by atoms with Gasteiger partial charge in [-0.15, -0.1) is 5.10 Å². The highest BCUT2D eigenvalue weighted by molar-refractivity contribution is 5.95. The van der Waals surface area contributed by atoms with Gasteiger partial charge in [0.25, 0.3) is 0 Å². The third kappa shape index (κ3) is 3.35. The fraction of sp³-hybridized carbons (Fsp3) is 0.227. The van der Waals surface area contributed by atoms with Crippen molar-refractivity contribution in [2.75, 3.05) is 11.9 Å². The number of benzene rings is 2. The molecule has 0 aliphatic carbocycles. The van der Waals surface area contributed by atoms with Crippen LogP contribution in [0.15, 0.2) is 59.8 Å². The van der Waals surface area contributed by atoms with Gasteiger partial charge in [0, 0.05) is 16.8 Å². The molecule has 1 atom stereocenters. The van der Waals surface area contributed by atoms with Gasteiger partial charge in [0.05, 0.1) is 12.2 Å². The number of rotatable bonds is 5. The number of nitrogens with zero attached hydrogens (tertiary/aromatic N) is 3. The Kier molecular flexibility index (Phi) is 4.80. The van der Waals surface area contributed by atoms with E-state index in [4.69, 9.17) is 15.6 Å². The molecule has 7 nitrogen and oxygen atoms in total. The number of aromatic nitrogens is 3. The van der Waals surface area contributed by atoms with Gasteiger partial charge in [-0.1, -0.05) is 42.0 Å². The fourth-order valence-corrected chi connectivity index (χ4v) is 3.66. The number of ether oxygens (including phenoxy) is 1. The van der Waals surface area contributed by atoms with Crippen molar-refractivity contribution in [3.63, 3.8) is 0 Å². The van der Waals surface area contributed by atoms with E-state index in [0.29, 0.717) is 35.4 Å². The summed E-state index contributed by atoms with van der Waals surface area (Å²) >= 11 is 0. The zero-order valence-electron chi connectivity index (χ0n) is 16.6. The maximum Gasteiger partial charge on any atom is 0.248 e. The van der Waals surface area contributed by atoms with Gasteiger partial charge in [0.1, 0.15) is 11.8 Å². The van der Waals surface area contributed by atoms with Crippen molar-refractivity contribution in [3.05, 3.63) is 70.9 Å². The van der Waals surface area contributed by atoms with Crippen molar-refractivity contribution < 1.29 is 9.53 Å². The zero-order valence-corrected chi connectivity index (χ0v) is 16.6. The van der Waals surface area contributed by atoms with Gasteiger partial charge in [-0.2, -0.15) is 4.98 Å². The second-order valence-corrected chi connectivity index (χ2v) is 6.97. The molecule has 0 radical (unpaired) electrons.